The van der Waals surface area contributed by atoms with Gasteiger partial charge in [-0.2, -0.15) is 0 Å². The van der Waals surface area contributed by atoms with Crippen LogP contribution in [0.2, 0.25) is 0 Å². The van der Waals surface area contributed by atoms with Gasteiger partial charge >= 0.3 is 0 Å². The Kier molecular flexibility index (Phi) is 4.49. The highest BCUT2D eigenvalue weighted by Crippen LogP contribution is 2.03. The van der Waals surface area contributed by atoms with Crippen molar-refractivity contribution in [1.29, 1.82) is 0 Å². The summed E-state index contributed by atoms with van der Waals surface area (Å²) in [5.74, 6) is 1.03. The fourth-order valence-electron chi connectivity index (χ4n) is 1.48. The number of nitrogens with zero attached hydrogens (tertiary/aromatic N) is 2. The van der Waals surface area contributed by atoms with Crippen molar-refractivity contribution in [2.75, 3.05) is 11.9 Å². The molecule has 0 fully saturated rings. The molecule has 0 aromatic carbocycles. The zero-order valence-electron chi connectivity index (χ0n) is 10.7. The molecule has 2 aromatic rings. The fourth-order valence-corrected chi connectivity index (χ4v) is 1.48. The third-order valence-electron chi connectivity index (χ3n) is 2.43. The number of carbonyl (C=O) groups excluding carboxylic acids is 1. The summed E-state index contributed by atoms with van der Waals surface area (Å²) >= 11 is 0. The Morgan fingerprint density at radius 2 is 2.32 bits per heavy atom. The molecule has 2 rings (SSSR count). The van der Waals surface area contributed by atoms with Crippen LogP contribution in [-0.2, 0) is 6.54 Å². The van der Waals surface area contributed by atoms with Gasteiger partial charge in [0, 0.05) is 6.54 Å². The average Bonchev–Trinajstić information content (AvgIpc) is 2.96. The number of furan rings is 1. The number of aromatic nitrogens is 2. The first-order valence-corrected chi connectivity index (χ1v) is 6.16. The second-order valence-corrected chi connectivity index (χ2v) is 3.98. The van der Waals surface area contributed by atoms with Gasteiger partial charge < -0.3 is 15.1 Å². The number of hydrogen-bond donors (Lipinski definition) is 2. The summed E-state index contributed by atoms with van der Waals surface area (Å²) in [6, 6.07) is 3.57. The van der Waals surface area contributed by atoms with E-state index < -0.39 is 0 Å². The number of amides is 1. The van der Waals surface area contributed by atoms with Gasteiger partial charge in [-0.15, -0.1) is 0 Å². The lowest BCUT2D eigenvalue weighted by molar-refractivity contribution is 0.0942. The van der Waals surface area contributed by atoms with E-state index in [9.17, 15) is 4.79 Å². The summed E-state index contributed by atoms with van der Waals surface area (Å²) < 4.78 is 5.13. The second kappa shape index (κ2) is 6.53. The van der Waals surface area contributed by atoms with Crippen LogP contribution in [0.25, 0.3) is 0 Å². The van der Waals surface area contributed by atoms with E-state index in [2.05, 4.69) is 27.5 Å². The van der Waals surface area contributed by atoms with E-state index in [1.807, 2.05) is 0 Å². The number of carbonyl (C=O) groups is 1. The summed E-state index contributed by atoms with van der Waals surface area (Å²) in [5, 5.41) is 5.81. The molecule has 2 heterocycles. The quantitative estimate of drug-likeness (QED) is 0.828. The minimum atomic E-state index is -0.274. The third kappa shape index (κ3) is 3.80. The zero-order chi connectivity index (χ0) is 13.5. The second-order valence-electron chi connectivity index (χ2n) is 3.98. The van der Waals surface area contributed by atoms with Crippen LogP contribution >= 0.6 is 0 Å². The minimum absolute atomic E-state index is 0.274. The Balaban J connectivity index is 1.94. The molecule has 6 nitrogen and oxygen atoms in total. The Morgan fingerprint density at radius 3 is 3.05 bits per heavy atom. The SMILES string of the molecule is CCCNc1cncc(C(=O)NCc2ccco2)n1. The predicted octanol–water partition coefficient (Wildman–Crippen LogP) is 1.82. The fraction of sp³-hybridized carbons (Fsp3) is 0.308. The van der Waals surface area contributed by atoms with Crippen LogP contribution in [0.1, 0.15) is 29.6 Å². The average molecular weight is 260 g/mol. The van der Waals surface area contributed by atoms with Gasteiger partial charge in [-0.1, -0.05) is 6.92 Å². The first kappa shape index (κ1) is 13.1. The lowest BCUT2D eigenvalue weighted by Crippen LogP contribution is -2.24. The zero-order valence-corrected chi connectivity index (χ0v) is 10.7. The number of nitrogens with one attached hydrogen (secondary N) is 2. The number of anilines is 1. The van der Waals surface area contributed by atoms with E-state index in [0.29, 0.717) is 18.1 Å². The van der Waals surface area contributed by atoms with Gasteiger partial charge in [-0.05, 0) is 18.6 Å². The summed E-state index contributed by atoms with van der Waals surface area (Å²) in [6.45, 7) is 3.19. The van der Waals surface area contributed by atoms with E-state index in [-0.39, 0.29) is 11.6 Å². The van der Waals surface area contributed by atoms with Crippen LogP contribution in [0.3, 0.4) is 0 Å². The van der Waals surface area contributed by atoms with Crippen molar-refractivity contribution in [2.45, 2.75) is 19.9 Å². The normalized spacial score (nSPS) is 10.2. The molecule has 0 bridgehead atoms. The highest BCUT2D eigenvalue weighted by atomic mass is 16.3. The predicted molar refractivity (Wildman–Crippen MR) is 70.7 cm³/mol. The van der Waals surface area contributed by atoms with Crippen LogP contribution in [0, 0.1) is 0 Å². The molecule has 2 aromatic heterocycles. The van der Waals surface area contributed by atoms with Crippen molar-refractivity contribution >= 4 is 11.7 Å². The topological polar surface area (TPSA) is 80.0 Å². The maximum atomic E-state index is 11.9. The Morgan fingerprint density at radius 1 is 1.42 bits per heavy atom. The van der Waals surface area contributed by atoms with Crippen molar-refractivity contribution < 1.29 is 9.21 Å². The van der Waals surface area contributed by atoms with Gasteiger partial charge in [-0.25, -0.2) is 4.98 Å². The summed E-state index contributed by atoms with van der Waals surface area (Å²) in [7, 11) is 0. The largest absolute Gasteiger partial charge is 0.467 e. The maximum Gasteiger partial charge on any atom is 0.271 e. The molecule has 19 heavy (non-hydrogen) atoms. The molecule has 100 valence electrons. The first-order valence-electron chi connectivity index (χ1n) is 6.16. The summed E-state index contributed by atoms with van der Waals surface area (Å²) in [6.07, 6.45) is 5.58. The highest BCUT2D eigenvalue weighted by molar-refractivity contribution is 5.92. The minimum Gasteiger partial charge on any atom is -0.467 e. The molecule has 0 aliphatic carbocycles. The Bertz CT molecular complexity index is 525. The molecule has 0 aliphatic heterocycles. The van der Waals surface area contributed by atoms with Crippen LogP contribution < -0.4 is 10.6 Å². The van der Waals surface area contributed by atoms with Crippen LogP contribution in [0.15, 0.2) is 35.2 Å². The summed E-state index contributed by atoms with van der Waals surface area (Å²) in [4.78, 5) is 20.1. The lowest BCUT2D eigenvalue weighted by atomic mass is 10.4. The standard InChI is InChI=1S/C13H16N4O2/c1-2-5-15-12-9-14-8-11(17-12)13(18)16-7-10-4-3-6-19-10/h3-4,6,8-9H,2,5,7H2,1H3,(H,15,17)(H,16,18). The molecule has 0 aliphatic rings. The molecule has 0 radical (unpaired) electrons. The van der Waals surface area contributed by atoms with E-state index >= 15 is 0 Å². The molecule has 0 spiro atoms. The molecule has 1 amide bonds. The van der Waals surface area contributed by atoms with Crippen molar-refractivity contribution in [2.24, 2.45) is 0 Å². The van der Waals surface area contributed by atoms with Gasteiger partial charge in [0.2, 0.25) is 0 Å². The van der Waals surface area contributed by atoms with E-state index in [1.54, 1.807) is 24.6 Å². The third-order valence-corrected chi connectivity index (χ3v) is 2.43. The first-order chi connectivity index (χ1) is 9.29. The molecule has 0 atom stereocenters. The molecule has 0 unspecified atom stereocenters. The van der Waals surface area contributed by atoms with Gasteiger partial charge in [0.1, 0.15) is 17.3 Å². The van der Waals surface area contributed by atoms with Gasteiger partial charge in [0.15, 0.2) is 0 Å². The molecular formula is C13H16N4O2. The van der Waals surface area contributed by atoms with E-state index in [0.717, 1.165) is 13.0 Å². The maximum absolute atomic E-state index is 11.9. The van der Waals surface area contributed by atoms with E-state index in [4.69, 9.17) is 4.42 Å². The van der Waals surface area contributed by atoms with Gasteiger partial charge in [0.25, 0.3) is 5.91 Å². The molecule has 0 saturated carbocycles. The summed E-state index contributed by atoms with van der Waals surface area (Å²) in [5.41, 5.74) is 0.285. The Labute approximate surface area is 111 Å². The van der Waals surface area contributed by atoms with E-state index in [1.165, 1.54) is 6.20 Å². The van der Waals surface area contributed by atoms with Crippen molar-refractivity contribution in [3.8, 4) is 0 Å². The number of hydrogen-bond acceptors (Lipinski definition) is 5. The molecule has 6 heteroatoms. The van der Waals surface area contributed by atoms with Crippen LogP contribution in [0.5, 0.6) is 0 Å². The monoisotopic (exact) mass is 260 g/mol. The van der Waals surface area contributed by atoms with Crippen LogP contribution in [0.4, 0.5) is 5.82 Å². The van der Waals surface area contributed by atoms with Crippen molar-refractivity contribution in [3.05, 3.63) is 42.2 Å². The molecule has 0 saturated heterocycles. The van der Waals surface area contributed by atoms with Gasteiger partial charge in [0.05, 0.1) is 25.2 Å². The van der Waals surface area contributed by atoms with Crippen LogP contribution in [-0.4, -0.2) is 22.4 Å². The smallest absolute Gasteiger partial charge is 0.271 e. The van der Waals surface area contributed by atoms with Crippen molar-refractivity contribution in [3.63, 3.8) is 0 Å². The number of rotatable bonds is 6. The van der Waals surface area contributed by atoms with Gasteiger partial charge in [-0.3, -0.25) is 9.78 Å². The Hall–Kier alpha value is -2.37. The molecule has 2 N–H and O–H groups in total. The highest BCUT2D eigenvalue weighted by Gasteiger charge is 2.09. The lowest BCUT2D eigenvalue weighted by Gasteiger charge is -2.06. The van der Waals surface area contributed by atoms with Crippen molar-refractivity contribution in [1.82, 2.24) is 15.3 Å². The molecular weight excluding hydrogens is 244 g/mol.